The van der Waals surface area contributed by atoms with Crippen molar-refractivity contribution in [3.63, 3.8) is 0 Å². The number of pyridine rings is 1. The zero-order chi connectivity index (χ0) is 19.8. The molecule has 3 rings (SSSR count). The number of anilines is 1. The predicted octanol–water partition coefficient (Wildman–Crippen LogP) is 5.16. The molecule has 0 saturated carbocycles. The van der Waals surface area contributed by atoms with Crippen molar-refractivity contribution in [1.82, 2.24) is 4.98 Å². The molecule has 144 valence electrons. The fourth-order valence-corrected chi connectivity index (χ4v) is 3.31. The van der Waals surface area contributed by atoms with Gasteiger partial charge in [-0.05, 0) is 47.5 Å². The third-order valence-corrected chi connectivity index (χ3v) is 4.76. The fourth-order valence-electron chi connectivity index (χ4n) is 2.51. The number of nitrogens with zero attached hydrogens (tertiary/aromatic N) is 1. The summed E-state index contributed by atoms with van der Waals surface area (Å²) in [7, 11) is 0. The first-order valence-electron chi connectivity index (χ1n) is 8.55. The summed E-state index contributed by atoms with van der Waals surface area (Å²) < 4.78 is 28.6. The summed E-state index contributed by atoms with van der Waals surface area (Å²) in [4.78, 5) is 16.5. The Balaban J connectivity index is 1.53. The number of carbonyl (C=O) groups is 1. The Kier molecular flexibility index (Phi) is 6.97. The molecule has 0 aliphatic carbocycles. The van der Waals surface area contributed by atoms with Crippen LogP contribution in [0, 0.1) is 0 Å². The molecule has 0 atom stereocenters. The highest BCUT2D eigenvalue weighted by Crippen LogP contribution is 2.22. The predicted molar refractivity (Wildman–Crippen MR) is 106 cm³/mol. The topological polar surface area (TPSA) is 51.2 Å². The van der Waals surface area contributed by atoms with E-state index in [-0.39, 0.29) is 18.1 Å². The third kappa shape index (κ3) is 6.35. The molecule has 1 heterocycles. The van der Waals surface area contributed by atoms with Gasteiger partial charge in [-0.1, -0.05) is 30.3 Å². The Hall–Kier alpha value is -2.93. The van der Waals surface area contributed by atoms with Crippen LogP contribution >= 0.6 is 11.8 Å². The third-order valence-electron chi connectivity index (χ3n) is 3.75. The van der Waals surface area contributed by atoms with Crippen molar-refractivity contribution in [2.45, 2.75) is 23.8 Å². The second-order valence-electron chi connectivity index (χ2n) is 5.90. The Labute approximate surface area is 166 Å². The van der Waals surface area contributed by atoms with E-state index in [1.165, 1.54) is 12.1 Å². The highest BCUT2D eigenvalue weighted by Gasteiger charge is 2.07. The summed E-state index contributed by atoms with van der Waals surface area (Å²) in [5.74, 6) is 0.626. The lowest BCUT2D eigenvalue weighted by atomic mass is 10.1. The van der Waals surface area contributed by atoms with Crippen molar-refractivity contribution in [2.75, 3.05) is 5.32 Å². The van der Waals surface area contributed by atoms with E-state index in [1.54, 1.807) is 30.1 Å². The van der Waals surface area contributed by atoms with Crippen LogP contribution < -0.4 is 10.1 Å². The number of rotatable bonds is 8. The quantitative estimate of drug-likeness (QED) is 0.531. The van der Waals surface area contributed by atoms with Crippen LogP contribution in [0.15, 0.2) is 78.0 Å². The number of benzene rings is 2. The highest BCUT2D eigenvalue weighted by molar-refractivity contribution is 7.98. The van der Waals surface area contributed by atoms with Gasteiger partial charge in [0, 0.05) is 17.6 Å². The van der Waals surface area contributed by atoms with E-state index in [9.17, 15) is 13.6 Å². The molecule has 1 amide bonds. The first-order chi connectivity index (χ1) is 13.6. The van der Waals surface area contributed by atoms with E-state index in [2.05, 4.69) is 15.0 Å². The van der Waals surface area contributed by atoms with Gasteiger partial charge in [0.25, 0.3) is 0 Å². The Morgan fingerprint density at radius 1 is 1.04 bits per heavy atom. The van der Waals surface area contributed by atoms with Gasteiger partial charge < -0.3 is 10.1 Å². The van der Waals surface area contributed by atoms with E-state index in [1.807, 2.05) is 42.5 Å². The van der Waals surface area contributed by atoms with Crippen LogP contribution in [0.4, 0.5) is 14.5 Å². The van der Waals surface area contributed by atoms with Crippen molar-refractivity contribution < 1.29 is 18.3 Å². The van der Waals surface area contributed by atoms with Gasteiger partial charge in [-0.3, -0.25) is 4.79 Å². The van der Waals surface area contributed by atoms with Crippen LogP contribution in [0.3, 0.4) is 0 Å². The van der Waals surface area contributed by atoms with E-state index < -0.39 is 6.61 Å². The number of hydrogen-bond acceptors (Lipinski definition) is 4. The van der Waals surface area contributed by atoms with Gasteiger partial charge >= 0.3 is 6.61 Å². The number of halogens is 2. The molecule has 0 spiro atoms. The van der Waals surface area contributed by atoms with Gasteiger partial charge in [0.15, 0.2) is 0 Å². The largest absolute Gasteiger partial charge is 0.435 e. The van der Waals surface area contributed by atoms with E-state index >= 15 is 0 Å². The monoisotopic (exact) mass is 400 g/mol. The maximum Gasteiger partial charge on any atom is 0.387 e. The Bertz CT molecular complexity index is 906. The van der Waals surface area contributed by atoms with Crippen LogP contribution in [0.2, 0.25) is 0 Å². The minimum atomic E-state index is -2.86. The molecule has 28 heavy (non-hydrogen) atoms. The van der Waals surface area contributed by atoms with Crippen LogP contribution in [0.25, 0.3) is 0 Å². The smallest absolute Gasteiger partial charge is 0.387 e. The maximum absolute atomic E-state index is 12.3. The number of ether oxygens (including phenoxy) is 1. The molecule has 0 bridgehead atoms. The average Bonchev–Trinajstić information content (AvgIpc) is 2.68. The lowest BCUT2D eigenvalue weighted by molar-refractivity contribution is -0.115. The fraction of sp³-hybridized carbons (Fsp3) is 0.143. The van der Waals surface area contributed by atoms with E-state index in [4.69, 9.17) is 0 Å². The van der Waals surface area contributed by atoms with E-state index in [0.717, 1.165) is 16.3 Å². The van der Waals surface area contributed by atoms with Crippen molar-refractivity contribution in [3.8, 4) is 5.75 Å². The van der Waals surface area contributed by atoms with E-state index in [0.29, 0.717) is 11.3 Å². The molecule has 2 aromatic carbocycles. The molecule has 0 radical (unpaired) electrons. The average molecular weight is 400 g/mol. The molecule has 0 saturated heterocycles. The van der Waals surface area contributed by atoms with Gasteiger partial charge in [0.2, 0.25) is 5.91 Å². The highest BCUT2D eigenvalue weighted by atomic mass is 32.2. The summed E-state index contributed by atoms with van der Waals surface area (Å²) in [5, 5.41) is 3.80. The molecule has 0 unspecified atom stereocenters. The Morgan fingerprint density at radius 2 is 1.86 bits per heavy atom. The molecule has 1 N–H and O–H groups in total. The molecular formula is C21H18F2N2O2S. The van der Waals surface area contributed by atoms with Gasteiger partial charge in [-0.25, -0.2) is 4.98 Å². The Morgan fingerprint density at radius 3 is 2.57 bits per heavy atom. The molecule has 0 fully saturated rings. The molecule has 7 heteroatoms. The van der Waals surface area contributed by atoms with Gasteiger partial charge in [-0.2, -0.15) is 8.78 Å². The molecule has 1 aromatic heterocycles. The van der Waals surface area contributed by atoms with Gasteiger partial charge in [-0.15, -0.1) is 11.8 Å². The molecular weight excluding hydrogens is 382 g/mol. The standard InChI is InChI=1S/C21H18F2N2O2S/c22-21(23)27-18-9-7-15(8-10-18)13-19(26)25-17-5-3-4-16(12-17)14-28-20-6-1-2-11-24-20/h1-12,21H,13-14H2,(H,25,26). The zero-order valence-corrected chi connectivity index (χ0v) is 15.7. The van der Waals surface area contributed by atoms with Gasteiger partial charge in [0.1, 0.15) is 5.75 Å². The maximum atomic E-state index is 12.3. The SMILES string of the molecule is O=C(Cc1ccc(OC(F)F)cc1)Nc1cccc(CSc2ccccn2)c1. The normalized spacial score (nSPS) is 10.7. The number of carbonyl (C=O) groups excluding carboxylic acids is 1. The van der Waals surface area contributed by atoms with Gasteiger partial charge in [0.05, 0.1) is 11.4 Å². The number of thioether (sulfide) groups is 1. The van der Waals surface area contributed by atoms with Crippen LogP contribution in [0.1, 0.15) is 11.1 Å². The minimum Gasteiger partial charge on any atom is -0.435 e. The summed E-state index contributed by atoms with van der Waals surface area (Å²) in [6.45, 7) is -2.86. The van der Waals surface area contributed by atoms with Crippen LogP contribution in [0.5, 0.6) is 5.75 Å². The summed E-state index contributed by atoms with van der Waals surface area (Å²) in [6, 6.07) is 19.4. The number of alkyl halides is 2. The number of aromatic nitrogens is 1. The molecule has 4 nitrogen and oxygen atoms in total. The molecule has 3 aromatic rings. The van der Waals surface area contributed by atoms with Crippen LogP contribution in [-0.2, 0) is 17.0 Å². The van der Waals surface area contributed by atoms with Crippen LogP contribution in [-0.4, -0.2) is 17.5 Å². The van der Waals surface area contributed by atoms with Crippen molar-refractivity contribution >= 4 is 23.4 Å². The van der Waals surface area contributed by atoms with Crippen molar-refractivity contribution in [3.05, 3.63) is 84.1 Å². The molecule has 0 aliphatic heterocycles. The second kappa shape index (κ2) is 9.85. The summed E-state index contributed by atoms with van der Waals surface area (Å²) in [6.07, 6.45) is 1.90. The minimum absolute atomic E-state index is 0.0669. The number of amides is 1. The second-order valence-corrected chi connectivity index (χ2v) is 6.90. The first-order valence-corrected chi connectivity index (χ1v) is 9.53. The number of hydrogen-bond donors (Lipinski definition) is 1. The van der Waals surface area contributed by atoms with Crippen molar-refractivity contribution in [2.24, 2.45) is 0 Å². The summed E-state index contributed by atoms with van der Waals surface area (Å²) >= 11 is 1.62. The zero-order valence-electron chi connectivity index (χ0n) is 14.8. The molecule has 0 aliphatic rings. The van der Waals surface area contributed by atoms with Crippen molar-refractivity contribution in [1.29, 1.82) is 0 Å². The number of nitrogens with one attached hydrogen (secondary N) is 1. The lowest BCUT2D eigenvalue weighted by Gasteiger charge is -2.08. The first kappa shape index (κ1) is 19.8. The summed E-state index contributed by atoms with van der Waals surface area (Å²) in [5.41, 5.74) is 2.49. The lowest BCUT2D eigenvalue weighted by Crippen LogP contribution is -2.14.